The smallest absolute Gasteiger partial charge is 0.340 e. The van der Waals surface area contributed by atoms with Crippen molar-refractivity contribution in [3.8, 4) is 5.75 Å². The lowest BCUT2D eigenvalue weighted by Gasteiger charge is -2.17. The van der Waals surface area contributed by atoms with Crippen LogP contribution >= 0.6 is 0 Å². The van der Waals surface area contributed by atoms with Crippen molar-refractivity contribution < 1.29 is 13.9 Å². The van der Waals surface area contributed by atoms with Gasteiger partial charge in [-0.3, -0.25) is 4.98 Å². The molecular formula is C28H30N2O4. The Balaban J connectivity index is 1.36. The van der Waals surface area contributed by atoms with E-state index in [9.17, 15) is 4.79 Å². The highest BCUT2D eigenvalue weighted by Gasteiger charge is 2.14. The van der Waals surface area contributed by atoms with Crippen LogP contribution in [-0.4, -0.2) is 37.9 Å². The van der Waals surface area contributed by atoms with Gasteiger partial charge in [0.05, 0.1) is 0 Å². The van der Waals surface area contributed by atoms with Gasteiger partial charge in [-0.25, -0.2) is 4.79 Å². The molecule has 0 spiro atoms. The third-order valence-electron chi connectivity index (χ3n) is 5.96. The predicted molar refractivity (Wildman–Crippen MR) is 134 cm³/mol. The number of nitrogens with zero attached hydrogens (tertiary/aromatic N) is 1. The molecule has 0 aliphatic carbocycles. The first-order valence-electron chi connectivity index (χ1n) is 11.5. The normalized spacial score (nSPS) is 12.1. The van der Waals surface area contributed by atoms with Gasteiger partial charge in [-0.05, 0) is 60.8 Å². The van der Waals surface area contributed by atoms with Crippen molar-refractivity contribution in [2.75, 3.05) is 26.8 Å². The third-order valence-corrected chi connectivity index (χ3v) is 5.96. The molecule has 176 valence electrons. The molecular weight excluding hydrogens is 428 g/mol. The van der Waals surface area contributed by atoms with Crippen LogP contribution in [0.4, 0.5) is 0 Å². The summed E-state index contributed by atoms with van der Waals surface area (Å²) in [6.45, 7) is 3.87. The van der Waals surface area contributed by atoms with Gasteiger partial charge in [-0.15, -0.1) is 0 Å². The van der Waals surface area contributed by atoms with Gasteiger partial charge in [-0.1, -0.05) is 30.3 Å². The number of benzene rings is 2. The fraction of sp³-hybridized carbons (Fsp3) is 0.286. The van der Waals surface area contributed by atoms with Crippen molar-refractivity contribution in [3.05, 3.63) is 106 Å². The molecule has 1 atom stereocenters. The topological polar surface area (TPSA) is 73.6 Å². The van der Waals surface area contributed by atoms with Gasteiger partial charge in [0.1, 0.15) is 24.0 Å². The van der Waals surface area contributed by atoms with Gasteiger partial charge in [0, 0.05) is 49.5 Å². The quantitative estimate of drug-likeness (QED) is 0.267. The summed E-state index contributed by atoms with van der Waals surface area (Å²) in [5.41, 5.74) is 4.17. The summed E-state index contributed by atoms with van der Waals surface area (Å²) < 4.78 is 17.2. The summed E-state index contributed by atoms with van der Waals surface area (Å²) in [6.07, 6.45) is 4.98. The van der Waals surface area contributed by atoms with E-state index in [2.05, 4.69) is 10.3 Å². The van der Waals surface area contributed by atoms with Crippen LogP contribution in [0, 0.1) is 6.92 Å². The summed E-state index contributed by atoms with van der Waals surface area (Å²) in [5.74, 6) is 0.643. The zero-order chi connectivity index (χ0) is 23.8. The summed E-state index contributed by atoms with van der Waals surface area (Å²) in [4.78, 5) is 16.7. The summed E-state index contributed by atoms with van der Waals surface area (Å²) in [5, 5.41) is 4.32. The van der Waals surface area contributed by atoms with Gasteiger partial charge in [0.15, 0.2) is 0 Å². The maximum absolute atomic E-state index is 12.7. The highest BCUT2D eigenvalue weighted by Crippen LogP contribution is 2.25. The molecule has 0 bridgehead atoms. The van der Waals surface area contributed by atoms with E-state index in [0.29, 0.717) is 36.5 Å². The Hall–Kier alpha value is -3.48. The number of pyridine rings is 1. The van der Waals surface area contributed by atoms with Gasteiger partial charge in [0.25, 0.3) is 0 Å². The predicted octanol–water partition coefficient (Wildman–Crippen LogP) is 4.31. The number of fused-ring (bicyclic) bond motifs is 1. The molecule has 1 N–H and O–H groups in total. The number of nitrogens with one attached hydrogen (secondary N) is 1. The molecule has 0 aliphatic heterocycles. The number of hydrogen-bond donors (Lipinski definition) is 1. The Morgan fingerprint density at radius 3 is 2.59 bits per heavy atom. The minimum absolute atomic E-state index is 0.102. The molecule has 0 amide bonds. The molecule has 4 rings (SSSR count). The molecule has 0 saturated carbocycles. The Labute approximate surface area is 199 Å². The maximum Gasteiger partial charge on any atom is 0.340 e. The van der Waals surface area contributed by atoms with Crippen LogP contribution in [0.1, 0.15) is 22.3 Å². The number of ether oxygens (including phenoxy) is 2. The Bertz CT molecular complexity index is 1260. The summed E-state index contributed by atoms with van der Waals surface area (Å²) in [7, 11) is 1.68. The fourth-order valence-electron chi connectivity index (χ4n) is 3.91. The highest BCUT2D eigenvalue weighted by molar-refractivity contribution is 5.82. The standard InChI is InChI=1S/C28H30N2O4/c1-20-25-9-8-23(17-27(25)34-28(31)26(20)16-22-6-4-3-5-7-22)33-19-24(32-2)18-30-15-12-21-10-13-29-14-11-21/h3-11,13-14,17,24,30H,12,15-16,18-19H2,1-2H3. The van der Waals surface area contributed by atoms with E-state index >= 15 is 0 Å². The second kappa shape index (κ2) is 11.6. The number of aromatic nitrogens is 1. The Kier molecular flexibility index (Phi) is 8.07. The second-order valence-corrected chi connectivity index (χ2v) is 8.29. The minimum atomic E-state index is -0.306. The monoisotopic (exact) mass is 458 g/mol. The molecule has 34 heavy (non-hydrogen) atoms. The van der Waals surface area contributed by atoms with E-state index in [1.807, 2.05) is 61.5 Å². The van der Waals surface area contributed by atoms with Gasteiger partial charge in [-0.2, -0.15) is 0 Å². The molecule has 0 fully saturated rings. The molecule has 0 radical (unpaired) electrons. The first kappa shape index (κ1) is 23.7. The lowest BCUT2D eigenvalue weighted by molar-refractivity contribution is 0.0583. The van der Waals surface area contributed by atoms with Gasteiger partial charge >= 0.3 is 5.63 Å². The van der Waals surface area contributed by atoms with Crippen molar-refractivity contribution in [2.24, 2.45) is 0 Å². The molecule has 2 heterocycles. The first-order chi connectivity index (χ1) is 16.6. The Morgan fingerprint density at radius 1 is 1.03 bits per heavy atom. The van der Waals surface area contributed by atoms with Crippen molar-refractivity contribution in [3.63, 3.8) is 0 Å². The van der Waals surface area contributed by atoms with Gasteiger partial charge < -0.3 is 19.2 Å². The second-order valence-electron chi connectivity index (χ2n) is 8.29. The molecule has 2 aromatic carbocycles. The van der Waals surface area contributed by atoms with Crippen LogP contribution < -0.4 is 15.7 Å². The molecule has 0 aliphatic rings. The Morgan fingerprint density at radius 2 is 1.82 bits per heavy atom. The van der Waals surface area contributed by atoms with E-state index in [1.165, 1.54) is 5.56 Å². The first-order valence-corrected chi connectivity index (χ1v) is 11.5. The van der Waals surface area contributed by atoms with Crippen LogP contribution in [-0.2, 0) is 17.6 Å². The summed E-state index contributed by atoms with van der Waals surface area (Å²) in [6, 6.07) is 19.6. The lowest BCUT2D eigenvalue weighted by atomic mass is 10.00. The van der Waals surface area contributed by atoms with E-state index in [-0.39, 0.29) is 11.7 Å². The van der Waals surface area contributed by atoms with Crippen molar-refractivity contribution in [1.82, 2.24) is 10.3 Å². The third kappa shape index (κ3) is 6.10. The SMILES string of the molecule is COC(CNCCc1ccncc1)COc1ccc2c(C)c(Cc3ccccc3)c(=O)oc2c1. The number of hydrogen-bond acceptors (Lipinski definition) is 6. The highest BCUT2D eigenvalue weighted by atomic mass is 16.5. The van der Waals surface area contributed by atoms with Crippen LogP contribution in [0.25, 0.3) is 11.0 Å². The fourth-order valence-corrected chi connectivity index (χ4v) is 3.91. The van der Waals surface area contributed by atoms with Gasteiger partial charge in [0.2, 0.25) is 0 Å². The molecule has 1 unspecified atom stereocenters. The largest absolute Gasteiger partial charge is 0.491 e. The van der Waals surface area contributed by atoms with E-state index in [0.717, 1.165) is 29.5 Å². The number of aryl methyl sites for hydroxylation is 1. The lowest BCUT2D eigenvalue weighted by Crippen LogP contribution is -2.34. The van der Waals surface area contributed by atoms with Crippen molar-refractivity contribution in [2.45, 2.75) is 25.9 Å². The van der Waals surface area contributed by atoms with E-state index < -0.39 is 0 Å². The number of methoxy groups -OCH3 is 1. The molecule has 6 nitrogen and oxygen atoms in total. The van der Waals surface area contributed by atoms with E-state index in [1.54, 1.807) is 25.6 Å². The average molecular weight is 459 g/mol. The maximum atomic E-state index is 12.7. The van der Waals surface area contributed by atoms with Crippen molar-refractivity contribution in [1.29, 1.82) is 0 Å². The van der Waals surface area contributed by atoms with E-state index in [4.69, 9.17) is 13.9 Å². The van der Waals surface area contributed by atoms with Crippen molar-refractivity contribution >= 4 is 11.0 Å². The summed E-state index contributed by atoms with van der Waals surface area (Å²) >= 11 is 0. The van der Waals surface area contributed by atoms with Crippen LogP contribution in [0.5, 0.6) is 5.75 Å². The minimum Gasteiger partial charge on any atom is -0.491 e. The van der Waals surface area contributed by atoms with Crippen LogP contribution in [0.2, 0.25) is 0 Å². The number of rotatable bonds is 11. The average Bonchev–Trinajstić information content (AvgIpc) is 2.87. The zero-order valence-corrected chi connectivity index (χ0v) is 19.6. The van der Waals surface area contributed by atoms with Crippen LogP contribution in [0.15, 0.2) is 82.3 Å². The molecule has 0 saturated heterocycles. The molecule has 4 aromatic rings. The molecule has 6 heteroatoms. The zero-order valence-electron chi connectivity index (χ0n) is 19.6. The van der Waals surface area contributed by atoms with Crippen LogP contribution in [0.3, 0.4) is 0 Å². The molecule has 2 aromatic heterocycles.